The predicted octanol–water partition coefficient (Wildman–Crippen LogP) is 1.14. The summed E-state index contributed by atoms with van der Waals surface area (Å²) in [4.78, 5) is 25.8. The van der Waals surface area contributed by atoms with Crippen LogP contribution in [0.4, 0.5) is 14.9 Å². The van der Waals surface area contributed by atoms with Crippen LogP contribution in [0.5, 0.6) is 5.75 Å². The Hall–Kier alpha value is -2.51. The molecule has 2 amide bonds. The number of hydrogen-bond acceptors (Lipinski definition) is 4. The van der Waals surface area contributed by atoms with Gasteiger partial charge in [-0.25, -0.2) is 9.18 Å². The molecule has 0 aliphatic carbocycles. The fourth-order valence-electron chi connectivity index (χ4n) is 2.49. The van der Waals surface area contributed by atoms with Gasteiger partial charge in [0, 0.05) is 32.7 Å². The van der Waals surface area contributed by atoms with Gasteiger partial charge in [0.1, 0.15) is 17.3 Å². The zero-order chi connectivity index (χ0) is 16.8. The number of carboxylic acid groups (broad SMARTS) is 1. The van der Waals surface area contributed by atoms with E-state index in [0.29, 0.717) is 37.6 Å². The van der Waals surface area contributed by atoms with Gasteiger partial charge in [-0.1, -0.05) is 6.07 Å². The maximum absolute atomic E-state index is 14.0. The molecule has 0 atom stereocenters. The van der Waals surface area contributed by atoms with Crippen LogP contribution in [0, 0.1) is 5.82 Å². The molecule has 0 bridgehead atoms. The molecule has 2 rings (SSSR count). The Kier molecular flexibility index (Phi) is 5.61. The van der Waals surface area contributed by atoms with Crippen molar-refractivity contribution in [2.45, 2.75) is 6.42 Å². The highest BCUT2D eigenvalue weighted by Crippen LogP contribution is 2.31. The van der Waals surface area contributed by atoms with Crippen molar-refractivity contribution in [2.75, 3.05) is 44.7 Å². The van der Waals surface area contributed by atoms with Crippen molar-refractivity contribution < 1.29 is 23.8 Å². The molecule has 0 unspecified atom stereocenters. The lowest BCUT2D eigenvalue weighted by molar-refractivity contribution is -0.136. The fraction of sp³-hybridized carbons (Fsp3) is 0.467. The Bertz CT molecular complexity index is 574. The minimum Gasteiger partial charge on any atom is -0.494 e. The highest BCUT2D eigenvalue weighted by Gasteiger charge is 2.24. The summed E-state index contributed by atoms with van der Waals surface area (Å²) in [6, 6.07) is 4.36. The van der Waals surface area contributed by atoms with Crippen molar-refractivity contribution in [3.63, 3.8) is 0 Å². The summed E-state index contributed by atoms with van der Waals surface area (Å²) in [5, 5.41) is 11.1. The van der Waals surface area contributed by atoms with E-state index in [4.69, 9.17) is 9.84 Å². The Morgan fingerprint density at radius 1 is 1.30 bits per heavy atom. The molecule has 2 N–H and O–H groups in total. The van der Waals surface area contributed by atoms with Crippen molar-refractivity contribution in [3.8, 4) is 5.75 Å². The van der Waals surface area contributed by atoms with Crippen LogP contribution in [0.3, 0.4) is 0 Å². The molecule has 0 aromatic heterocycles. The number of nitrogens with one attached hydrogen (secondary N) is 1. The van der Waals surface area contributed by atoms with E-state index in [-0.39, 0.29) is 24.8 Å². The van der Waals surface area contributed by atoms with Crippen molar-refractivity contribution >= 4 is 17.7 Å². The zero-order valence-electron chi connectivity index (χ0n) is 12.9. The molecule has 0 saturated carbocycles. The quantitative estimate of drug-likeness (QED) is 0.848. The number of piperazine rings is 1. The van der Waals surface area contributed by atoms with Gasteiger partial charge >= 0.3 is 12.0 Å². The molecule has 1 heterocycles. The maximum atomic E-state index is 14.0. The lowest BCUT2D eigenvalue weighted by Crippen LogP contribution is -2.52. The summed E-state index contributed by atoms with van der Waals surface area (Å²) in [6.07, 6.45) is -0.113. The van der Waals surface area contributed by atoms with Gasteiger partial charge in [0.25, 0.3) is 0 Å². The molecule has 1 aliphatic heterocycles. The molecule has 0 radical (unpaired) electrons. The first-order chi connectivity index (χ1) is 11.0. The van der Waals surface area contributed by atoms with E-state index >= 15 is 0 Å². The van der Waals surface area contributed by atoms with Gasteiger partial charge in [-0.05, 0) is 12.1 Å². The standard InChI is InChI=1S/C15H20FN3O4/c1-23-12-4-2-3-11(16)14(12)18-7-9-19(10-8-18)15(22)17-6-5-13(20)21/h2-4H,5-10H2,1H3,(H,17,22)(H,20,21). The maximum Gasteiger partial charge on any atom is 0.317 e. The van der Waals surface area contributed by atoms with Crippen LogP contribution in [-0.4, -0.2) is 61.8 Å². The van der Waals surface area contributed by atoms with Gasteiger partial charge in [0.05, 0.1) is 13.5 Å². The molecular weight excluding hydrogens is 305 g/mol. The number of ether oxygens (including phenoxy) is 1. The monoisotopic (exact) mass is 325 g/mol. The van der Waals surface area contributed by atoms with Crippen LogP contribution in [0.1, 0.15) is 6.42 Å². The largest absolute Gasteiger partial charge is 0.494 e. The van der Waals surface area contributed by atoms with Crippen molar-refractivity contribution in [3.05, 3.63) is 24.0 Å². The molecule has 7 nitrogen and oxygen atoms in total. The van der Waals surface area contributed by atoms with Crippen LogP contribution in [0.2, 0.25) is 0 Å². The lowest BCUT2D eigenvalue weighted by atomic mass is 10.2. The topological polar surface area (TPSA) is 82.1 Å². The Balaban J connectivity index is 1.91. The summed E-state index contributed by atoms with van der Waals surface area (Å²) in [5.74, 6) is -0.852. The third-order valence-electron chi connectivity index (χ3n) is 3.67. The Labute approximate surface area is 133 Å². The van der Waals surface area contributed by atoms with E-state index in [2.05, 4.69) is 5.32 Å². The molecule has 0 spiro atoms. The Morgan fingerprint density at radius 2 is 2.00 bits per heavy atom. The third kappa shape index (κ3) is 4.24. The van der Waals surface area contributed by atoms with Crippen molar-refractivity contribution in [1.82, 2.24) is 10.2 Å². The predicted molar refractivity (Wildman–Crippen MR) is 82.4 cm³/mol. The van der Waals surface area contributed by atoms with Crippen LogP contribution >= 0.6 is 0 Å². The zero-order valence-corrected chi connectivity index (χ0v) is 12.9. The number of carbonyl (C=O) groups excluding carboxylic acids is 1. The molecule has 1 fully saturated rings. The van der Waals surface area contributed by atoms with Gasteiger partial charge in [-0.3, -0.25) is 4.79 Å². The smallest absolute Gasteiger partial charge is 0.317 e. The molecule has 1 saturated heterocycles. The molecule has 1 aromatic rings. The SMILES string of the molecule is COc1cccc(F)c1N1CCN(C(=O)NCCC(=O)O)CC1. The number of carboxylic acids is 1. The molecule has 8 heteroatoms. The molecule has 1 aliphatic rings. The molecule has 1 aromatic carbocycles. The Morgan fingerprint density at radius 3 is 2.61 bits per heavy atom. The van der Waals surface area contributed by atoms with E-state index in [1.165, 1.54) is 13.2 Å². The number of carbonyl (C=O) groups is 2. The van der Waals surface area contributed by atoms with E-state index in [1.807, 2.05) is 4.90 Å². The molecule has 23 heavy (non-hydrogen) atoms. The van der Waals surface area contributed by atoms with Gasteiger partial charge in [0.2, 0.25) is 0 Å². The average molecular weight is 325 g/mol. The summed E-state index contributed by atoms with van der Waals surface area (Å²) >= 11 is 0. The number of aliphatic carboxylic acids is 1. The lowest BCUT2D eigenvalue weighted by Gasteiger charge is -2.36. The van der Waals surface area contributed by atoms with Crippen molar-refractivity contribution in [2.24, 2.45) is 0 Å². The third-order valence-corrected chi connectivity index (χ3v) is 3.67. The van der Waals surface area contributed by atoms with E-state index < -0.39 is 5.97 Å². The fourth-order valence-corrected chi connectivity index (χ4v) is 2.49. The summed E-state index contributed by atoms with van der Waals surface area (Å²) in [6.45, 7) is 1.90. The normalized spacial score (nSPS) is 14.5. The number of anilines is 1. The number of nitrogens with zero attached hydrogens (tertiary/aromatic N) is 2. The first-order valence-corrected chi connectivity index (χ1v) is 7.35. The number of para-hydroxylation sites is 1. The second kappa shape index (κ2) is 7.66. The number of benzene rings is 1. The van der Waals surface area contributed by atoms with Crippen LogP contribution < -0.4 is 15.0 Å². The second-order valence-corrected chi connectivity index (χ2v) is 5.14. The van der Waals surface area contributed by atoms with Crippen molar-refractivity contribution in [1.29, 1.82) is 0 Å². The number of urea groups is 1. The van der Waals surface area contributed by atoms with Gasteiger partial charge in [-0.2, -0.15) is 0 Å². The van der Waals surface area contributed by atoms with E-state index in [9.17, 15) is 14.0 Å². The molecular formula is C15H20FN3O4. The first kappa shape index (κ1) is 16.9. The highest BCUT2D eigenvalue weighted by molar-refractivity contribution is 5.75. The number of methoxy groups -OCH3 is 1. The van der Waals surface area contributed by atoms with Crippen LogP contribution in [-0.2, 0) is 4.79 Å². The van der Waals surface area contributed by atoms with E-state index in [1.54, 1.807) is 17.0 Å². The first-order valence-electron chi connectivity index (χ1n) is 7.35. The second-order valence-electron chi connectivity index (χ2n) is 5.14. The van der Waals surface area contributed by atoms with E-state index in [0.717, 1.165) is 0 Å². The summed E-state index contributed by atoms with van der Waals surface area (Å²) in [5.41, 5.74) is 0.404. The van der Waals surface area contributed by atoms with Gasteiger partial charge in [-0.15, -0.1) is 0 Å². The van der Waals surface area contributed by atoms with Crippen LogP contribution in [0.15, 0.2) is 18.2 Å². The number of hydrogen-bond donors (Lipinski definition) is 2. The number of halogens is 1. The van der Waals surface area contributed by atoms with Gasteiger partial charge in [0.15, 0.2) is 0 Å². The number of rotatable bonds is 5. The minimum atomic E-state index is -0.957. The highest BCUT2D eigenvalue weighted by atomic mass is 19.1. The summed E-state index contributed by atoms with van der Waals surface area (Å²) in [7, 11) is 1.49. The molecule has 126 valence electrons. The summed E-state index contributed by atoms with van der Waals surface area (Å²) < 4.78 is 19.2. The average Bonchev–Trinajstić information content (AvgIpc) is 2.54. The minimum absolute atomic E-state index is 0.0928. The van der Waals surface area contributed by atoms with Crippen LogP contribution in [0.25, 0.3) is 0 Å². The van der Waals surface area contributed by atoms with Gasteiger partial charge < -0.3 is 25.0 Å². The number of amides is 2.